The van der Waals surface area contributed by atoms with Crippen molar-refractivity contribution in [1.29, 1.82) is 0 Å². The highest BCUT2D eigenvalue weighted by Crippen LogP contribution is 2.18. The van der Waals surface area contributed by atoms with Crippen molar-refractivity contribution in [1.82, 2.24) is 4.90 Å². The molecule has 2 aromatic rings. The van der Waals surface area contributed by atoms with Crippen LogP contribution < -0.4 is 10.1 Å². The lowest BCUT2D eigenvalue weighted by molar-refractivity contribution is -0.139. The fourth-order valence-electron chi connectivity index (χ4n) is 2.93. The van der Waals surface area contributed by atoms with E-state index in [0.29, 0.717) is 11.4 Å². The number of imide groups is 1. The first-order chi connectivity index (χ1) is 14.4. The highest BCUT2D eigenvalue weighted by atomic mass is 16.5. The third-order valence-electron chi connectivity index (χ3n) is 4.70. The van der Waals surface area contributed by atoms with Gasteiger partial charge in [0.2, 0.25) is 11.8 Å². The maximum absolute atomic E-state index is 12.3. The Morgan fingerprint density at radius 1 is 1.00 bits per heavy atom. The van der Waals surface area contributed by atoms with Crippen molar-refractivity contribution >= 4 is 29.4 Å². The lowest BCUT2D eigenvalue weighted by Gasteiger charge is -2.15. The molecule has 0 aromatic heterocycles. The highest BCUT2D eigenvalue weighted by Gasteiger charge is 2.28. The summed E-state index contributed by atoms with van der Waals surface area (Å²) < 4.78 is 10.3. The van der Waals surface area contributed by atoms with Gasteiger partial charge in [-0.25, -0.2) is 4.79 Å². The fraction of sp³-hybridized carbons (Fsp3) is 0.273. The van der Waals surface area contributed by atoms with E-state index in [1.807, 2.05) is 0 Å². The summed E-state index contributed by atoms with van der Waals surface area (Å²) in [4.78, 5) is 49.2. The molecule has 0 radical (unpaired) electrons. The van der Waals surface area contributed by atoms with Gasteiger partial charge in [-0.05, 0) is 48.9 Å². The third-order valence-corrected chi connectivity index (χ3v) is 4.70. The molecule has 1 unspecified atom stereocenters. The van der Waals surface area contributed by atoms with Gasteiger partial charge in [0.25, 0.3) is 5.91 Å². The molecule has 1 atom stereocenters. The van der Waals surface area contributed by atoms with Gasteiger partial charge in [-0.1, -0.05) is 12.1 Å². The minimum absolute atomic E-state index is 0.174. The number of rotatable bonds is 7. The minimum Gasteiger partial charge on any atom is -0.497 e. The molecule has 1 N–H and O–H groups in total. The molecular weight excluding hydrogens is 388 g/mol. The Labute approximate surface area is 173 Å². The summed E-state index contributed by atoms with van der Waals surface area (Å²) in [6.07, 6.45) is -0.529. The summed E-state index contributed by atoms with van der Waals surface area (Å²) in [5, 5.41) is 2.67. The number of carbonyl (C=O) groups is 4. The summed E-state index contributed by atoms with van der Waals surface area (Å²) in [5.74, 6) is -0.835. The molecule has 2 aromatic carbocycles. The molecule has 1 aliphatic heterocycles. The normalized spacial score (nSPS) is 14.4. The lowest BCUT2D eigenvalue weighted by atomic mass is 10.1. The van der Waals surface area contributed by atoms with Crippen molar-refractivity contribution < 1.29 is 28.7 Å². The topological polar surface area (TPSA) is 102 Å². The second-order valence-electron chi connectivity index (χ2n) is 6.84. The predicted molar refractivity (Wildman–Crippen MR) is 108 cm³/mol. The Morgan fingerprint density at radius 3 is 2.17 bits per heavy atom. The molecule has 0 aliphatic carbocycles. The number of benzene rings is 2. The number of hydrogen-bond donors (Lipinski definition) is 1. The molecule has 30 heavy (non-hydrogen) atoms. The zero-order valence-electron chi connectivity index (χ0n) is 16.7. The van der Waals surface area contributed by atoms with Crippen LogP contribution in [0.1, 0.15) is 35.7 Å². The van der Waals surface area contributed by atoms with E-state index in [1.165, 1.54) is 24.0 Å². The smallest absolute Gasteiger partial charge is 0.338 e. The summed E-state index contributed by atoms with van der Waals surface area (Å²) in [6.45, 7) is 1.66. The number of nitrogens with zero attached hydrogens (tertiary/aromatic N) is 1. The number of anilines is 1. The molecule has 0 spiro atoms. The van der Waals surface area contributed by atoms with Gasteiger partial charge in [0.1, 0.15) is 5.75 Å². The standard InChI is InChI=1S/C22H22N2O6/c1-14(21(27)23-17-7-9-18(29-2)10-8-17)30-22(28)16-5-3-15(4-6-16)13-24-19(25)11-12-20(24)26/h3-10,14H,11-13H2,1-2H3,(H,23,27). The molecule has 8 heteroatoms. The first-order valence-corrected chi connectivity index (χ1v) is 9.45. The SMILES string of the molecule is COc1ccc(NC(=O)C(C)OC(=O)c2ccc(CN3C(=O)CCC3=O)cc2)cc1. The van der Waals surface area contributed by atoms with Crippen molar-refractivity contribution in [2.45, 2.75) is 32.4 Å². The van der Waals surface area contributed by atoms with Crippen LogP contribution in [0.3, 0.4) is 0 Å². The number of carbonyl (C=O) groups excluding carboxylic acids is 4. The highest BCUT2D eigenvalue weighted by molar-refractivity contribution is 6.02. The zero-order valence-corrected chi connectivity index (χ0v) is 16.7. The largest absolute Gasteiger partial charge is 0.497 e. The minimum atomic E-state index is -1.00. The molecule has 1 aliphatic rings. The predicted octanol–water partition coefficient (Wildman–Crippen LogP) is 2.53. The quantitative estimate of drug-likeness (QED) is 0.556. The monoisotopic (exact) mass is 410 g/mol. The number of likely N-dealkylation sites (tertiary alicyclic amines) is 1. The Balaban J connectivity index is 1.54. The van der Waals surface area contributed by atoms with Crippen molar-refractivity contribution in [3.8, 4) is 5.75 Å². The second kappa shape index (κ2) is 9.21. The van der Waals surface area contributed by atoms with Crippen LogP contribution in [0.4, 0.5) is 5.69 Å². The molecule has 1 saturated heterocycles. The van der Waals surface area contributed by atoms with E-state index in [1.54, 1.807) is 43.5 Å². The first-order valence-electron chi connectivity index (χ1n) is 9.45. The Bertz CT molecular complexity index is 937. The lowest BCUT2D eigenvalue weighted by Crippen LogP contribution is -2.30. The molecule has 0 bridgehead atoms. The van der Waals surface area contributed by atoms with Gasteiger partial charge in [0, 0.05) is 18.5 Å². The van der Waals surface area contributed by atoms with E-state index in [0.717, 1.165) is 5.56 Å². The van der Waals surface area contributed by atoms with E-state index in [4.69, 9.17) is 9.47 Å². The summed E-state index contributed by atoms with van der Waals surface area (Å²) in [7, 11) is 1.55. The number of nitrogens with one attached hydrogen (secondary N) is 1. The summed E-state index contributed by atoms with van der Waals surface area (Å²) in [5.41, 5.74) is 1.54. The van der Waals surface area contributed by atoms with Crippen molar-refractivity contribution in [3.63, 3.8) is 0 Å². The molecular formula is C22H22N2O6. The van der Waals surface area contributed by atoms with Crippen LogP contribution in [0.2, 0.25) is 0 Å². The second-order valence-corrected chi connectivity index (χ2v) is 6.84. The van der Waals surface area contributed by atoms with Gasteiger partial charge in [0.05, 0.1) is 19.2 Å². The van der Waals surface area contributed by atoms with Gasteiger partial charge in [0.15, 0.2) is 6.10 Å². The van der Waals surface area contributed by atoms with Crippen LogP contribution in [-0.2, 0) is 25.7 Å². The Hall–Kier alpha value is -3.68. The summed E-state index contributed by atoms with van der Waals surface area (Å²) >= 11 is 0. The van der Waals surface area contributed by atoms with Crippen LogP contribution in [0.15, 0.2) is 48.5 Å². The van der Waals surface area contributed by atoms with Gasteiger partial charge in [-0.2, -0.15) is 0 Å². The molecule has 1 fully saturated rings. The molecule has 8 nitrogen and oxygen atoms in total. The molecule has 3 amide bonds. The van der Waals surface area contributed by atoms with E-state index in [2.05, 4.69) is 5.32 Å². The molecule has 156 valence electrons. The number of amides is 3. The molecule has 3 rings (SSSR count). The van der Waals surface area contributed by atoms with E-state index >= 15 is 0 Å². The van der Waals surface area contributed by atoms with E-state index < -0.39 is 18.0 Å². The molecule has 0 saturated carbocycles. The average molecular weight is 410 g/mol. The van der Waals surface area contributed by atoms with Crippen LogP contribution in [0, 0.1) is 0 Å². The Kier molecular flexibility index (Phi) is 6.46. The molecule has 1 heterocycles. The number of ether oxygens (including phenoxy) is 2. The fourth-order valence-corrected chi connectivity index (χ4v) is 2.93. The van der Waals surface area contributed by atoms with Crippen LogP contribution in [-0.4, -0.2) is 41.8 Å². The van der Waals surface area contributed by atoms with Crippen molar-refractivity contribution in [2.24, 2.45) is 0 Å². The Morgan fingerprint density at radius 2 is 1.60 bits per heavy atom. The van der Waals surface area contributed by atoms with Gasteiger partial charge in [-0.3, -0.25) is 19.3 Å². The van der Waals surface area contributed by atoms with E-state index in [9.17, 15) is 19.2 Å². The van der Waals surface area contributed by atoms with Gasteiger partial charge < -0.3 is 14.8 Å². The first kappa shape index (κ1) is 21.0. The maximum Gasteiger partial charge on any atom is 0.338 e. The van der Waals surface area contributed by atoms with E-state index in [-0.39, 0.29) is 36.8 Å². The van der Waals surface area contributed by atoms with Crippen molar-refractivity contribution in [3.05, 3.63) is 59.7 Å². The maximum atomic E-state index is 12.3. The number of hydrogen-bond acceptors (Lipinski definition) is 6. The van der Waals surface area contributed by atoms with Gasteiger partial charge in [-0.15, -0.1) is 0 Å². The summed E-state index contributed by atoms with van der Waals surface area (Å²) in [6, 6.07) is 13.1. The van der Waals surface area contributed by atoms with Crippen LogP contribution in [0.5, 0.6) is 5.75 Å². The number of methoxy groups -OCH3 is 1. The van der Waals surface area contributed by atoms with Crippen molar-refractivity contribution in [2.75, 3.05) is 12.4 Å². The number of esters is 1. The third kappa shape index (κ3) is 5.02. The zero-order chi connectivity index (χ0) is 21.7. The van der Waals surface area contributed by atoms with Crippen LogP contribution in [0.25, 0.3) is 0 Å². The van der Waals surface area contributed by atoms with Crippen LogP contribution >= 0.6 is 0 Å². The van der Waals surface area contributed by atoms with Gasteiger partial charge >= 0.3 is 5.97 Å². The average Bonchev–Trinajstić information content (AvgIpc) is 3.06.